The van der Waals surface area contributed by atoms with Crippen LogP contribution in [-0.2, 0) is 11.3 Å². The zero-order valence-electron chi connectivity index (χ0n) is 16.2. The van der Waals surface area contributed by atoms with Gasteiger partial charge < -0.3 is 14.4 Å². The monoisotopic (exact) mass is 371 g/mol. The summed E-state index contributed by atoms with van der Waals surface area (Å²) in [7, 11) is 1.97. The van der Waals surface area contributed by atoms with Crippen LogP contribution >= 0.6 is 0 Å². The SMILES string of the molecule is CN1CCN(CC2CC2)C2(CCN(Cc3ccc4c(c3)OCO4)CC2)C1=O. The number of fused-ring (bicyclic) bond motifs is 1. The lowest BCUT2D eigenvalue weighted by atomic mass is 9.82. The van der Waals surface area contributed by atoms with Crippen molar-refractivity contribution in [3.63, 3.8) is 0 Å². The number of rotatable bonds is 4. The highest BCUT2D eigenvalue weighted by Gasteiger charge is 2.50. The molecule has 1 spiro atoms. The van der Waals surface area contributed by atoms with Crippen molar-refractivity contribution in [3.05, 3.63) is 23.8 Å². The minimum absolute atomic E-state index is 0.263. The van der Waals surface area contributed by atoms with E-state index in [2.05, 4.69) is 21.9 Å². The summed E-state index contributed by atoms with van der Waals surface area (Å²) in [4.78, 5) is 20.1. The summed E-state index contributed by atoms with van der Waals surface area (Å²) in [5.74, 6) is 2.85. The van der Waals surface area contributed by atoms with Gasteiger partial charge in [0.1, 0.15) is 5.54 Å². The summed E-state index contributed by atoms with van der Waals surface area (Å²) in [5, 5.41) is 0. The molecule has 0 aromatic heterocycles. The minimum atomic E-state index is -0.263. The average molecular weight is 371 g/mol. The topological polar surface area (TPSA) is 45.2 Å². The van der Waals surface area contributed by atoms with Gasteiger partial charge in [-0.25, -0.2) is 0 Å². The van der Waals surface area contributed by atoms with Gasteiger partial charge in [0.05, 0.1) is 0 Å². The van der Waals surface area contributed by atoms with E-state index in [1.807, 2.05) is 18.0 Å². The van der Waals surface area contributed by atoms with Crippen molar-refractivity contribution in [1.82, 2.24) is 14.7 Å². The largest absolute Gasteiger partial charge is 0.454 e. The van der Waals surface area contributed by atoms with Crippen LogP contribution in [0, 0.1) is 5.92 Å². The lowest BCUT2D eigenvalue weighted by Crippen LogP contribution is -2.68. The Hall–Kier alpha value is -1.79. The normalized spacial score (nSPS) is 25.4. The van der Waals surface area contributed by atoms with E-state index in [4.69, 9.17) is 9.47 Å². The van der Waals surface area contributed by atoms with Crippen molar-refractivity contribution in [2.75, 3.05) is 46.6 Å². The zero-order chi connectivity index (χ0) is 18.4. The molecule has 1 amide bonds. The number of piperidine rings is 1. The van der Waals surface area contributed by atoms with E-state index in [9.17, 15) is 4.79 Å². The number of carbonyl (C=O) groups excluding carboxylic acids is 1. The number of benzene rings is 1. The Morgan fingerprint density at radius 1 is 1.07 bits per heavy atom. The first kappa shape index (κ1) is 17.3. The van der Waals surface area contributed by atoms with E-state index in [0.29, 0.717) is 12.7 Å². The van der Waals surface area contributed by atoms with Crippen molar-refractivity contribution in [2.24, 2.45) is 5.92 Å². The van der Waals surface area contributed by atoms with Gasteiger partial charge in [0.2, 0.25) is 12.7 Å². The molecule has 3 fully saturated rings. The lowest BCUT2D eigenvalue weighted by Gasteiger charge is -2.52. The first-order chi connectivity index (χ1) is 13.1. The highest BCUT2D eigenvalue weighted by Crippen LogP contribution is 2.39. The Bertz CT molecular complexity index is 725. The molecule has 5 rings (SSSR count). The average Bonchev–Trinajstić information content (AvgIpc) is 3.38. The van der Waals surface area contributed by atoms with Gasteiger partial charge in [-0.1, -0.05) is 6.07 Å². The summed E-state index contributed by atoms with van der Waals surface area (Å²) in [6.07, 6.45) is 4.56. The van der Waals surface area contributed by atoms with E-state index >= 15 is 0 Å². The molecule has 6 nitrogen and oxygen atoms in total. The number of hydrogen-bond acceptors (Lipinski definition) is 5. The number of hydrogen-bond donors (Lipinski definition) is 0. The van der Waals surface area contributed by atoms with Gasteiger partial charge in [-0.2, -0.15) is 0 Å². The fourth-order valence-corrected chi connectivity index (χ4v) is 4.86. The zero-order valence-corrected chi connectivity index (χ0v) is 16.2. The van der Waals surface area contributed by atoms with Crippen LogP contribution in [0.25, 0.3) is 0 Å². The molecule has 0 radical (unpaired) electrons. The molecule has 3 heterocycles. The number of piperazine rings is 1. The maximum Gasteiger partial charge on any atom is 0.242 e. The first-order valence-corrected chi connectivity index (χ1v) is 10.3. The van der Waals surface area contributed by atoms with E-state index < -0.39 is 0 Å². The summed E-state index contributed by atoms with van der Waals surface area (Å²) >= 11 is 0. The fraction of sp³-hybridized carbons (Fsp3) is 0.667. The van der Waals surface area contributed by atoms with Gasteiger partial charge in [-0.15, -0.1) is 0 Å². The van der Waals surface area contributed by atoms with Gasteiger partial charge in [-0.3, -0.25) is 14.6 Å². The van der Waals surface area contributed by atoms with E-state index in [0.717, 1.165) is 69.5 Å². The molecule has 0 unspecified atom stereocenters. The van der Waals surface area contributed by atoms with Crippen molar-refractivity contribution in [3.8, 4) is 11.5 Å². The molecule has 1 aromatic carbocycles. The first-order valence-electron chi connectivity index (χ1n) is 10.3. The van der Waals surface area contributed by atoms with Crippen LogP contribution < -0.4 is 9.47 Å². The molecule has 27 heavy (non-hydrogen) atoms. The predicted molar refractivity (Wildman–Crippen MR) is 102 cm³/mol. The molecule has 1 aromatic rings. The van der Waals surface area contributed by atoms with Crippen LogP contribution in [0.3, 0.4) is 0 Å². The molecule has 0 N–H and O–H groups in total. The molecule has 1 aliphatic carbocycles. The Morgan fingerprint density at radius 2 is 1.85 bits per heavy atom. The van der Waals surface area contributed by atoms with Gasteiger partial charge in [0, 0.05) is 46.3 Å². The third kappa shape index (κ3) is 3.19. The second kappa shape index (κ2) is 6.67. The molecule has 2 saturated heterocycles. The predicted octanol–water partition coefficient (Wildman–Crippen LogP) is 1.93. The highest BCUT2D eigenvalue weighted by atomic mass is 16.7. The molecule has 146 valence electrons. The van der Waals surface area contributed by atoms with E-state index in [-0.39, 0.29) is 5.54 Å². The van der Waals surface area contributed by atoms with Crippen molar-refractivity contribution in [1.29, 1.82) is 0 Å². The Labute approximate surface area is 161 Å². The third-order valence-corrected chi connectivity index (χ3v) is 6.76. The number of carbonyl (C=O) groups is 1. The van der Waals surface area contributed by atoms with Crippen LogP contribution in [0.2, 0.25) is 0 Å². The molecule has 1 saturated carbocycles. The quantitative estimate of drug-likeness (QED) is 0.809. The van der Waals surface area contributed by atoms with E-state index in [1.54, 1.807) is 0 Å². The molecular formula is C21H29N3O3. The molecule has 4 aliphatic rings. The Kier molecular flexibility index (Phi) is 4.28. The van der Waals surface area contributed by atoms with Crippen LogP contribution in [0.1, 0.15) is 31.2 Å². The second-order valence-corrected chi connectivity index (χ2v) is 8.61. The van der Waals surface area contributed by atoms with Gasteiger partial charge in [0.25, 0.3) is 0 Å². The smallest absolute Gasteiger partial charge is 0.242 e. The molecule has 0 atom stereocenters. The van der Waals surface area contributed by atoms with Gasteiger partial charge in [0.15, 0.2) is 11.5 Å². The summed E-state index contributed by atoms with van der Waals surface area (Å²) in [5.41, 5.74) is 0.984. The van der Waals surface area contributed by atoms with Gasteiger partial charge in [-0.05, 0) is 49.3 Å². The number of ether oxygens (including phenoxy) is 2. The van der Waals surface area contributed by atoms with Crippen LogP contribution in [0.4, 0.5) is 0 Å². The Morgan fingerprint density at radius 3 is 2.63 bits per heavy atom. The van der Waals surface area contributed by atoms with Crippen molar-refractivity contribution < 1.29 is 14.3 Å². The Balaban J connectivity index is 1.26. The number of likely N-dealkylation sites (tertiary alicyclic amines) is 1. The maximum atomic E-state index is 13.1. The maximum absolute atomic E-state index is 13.1. The molecular weight excluding hydrogens is 342 g/mol. The highest BCUT2D eigenvalue weighted by molar-refractivity contribution is 5.87. The van der Waals surface area contributed by atoms with Gasteiger partial charge >= 0.3 is 0 Å². The number of likely N-dealkylation sites (N-methyl/N-ethyl adjacent to an activating group) is 1. The summed E-state index contributed by atoms with van der Waals surface area (Å²) < 4.78 is 10.9. The summed E-state index contributed by atoms with van der Waals surface area (Å²) in [6.45, 7) is 6.16. The molecule has 6 heteroatoms. The van der Waals surface area contributed by atoms with Crippen LogP contribution in [-0.4, -0.2) is 72.7 Å². The van der Waals surface area contributed by atoms with Crippen molar-refractivity contribution >= 4 is 5.91 Å². The van der Waals surface area contributed by atoms with Crippen molar-refractivity contribution in [2.45, 2.75) is 37.8 Å². The fourth-order valence-electron chi connectivity index (χ4n) is 4.86. The van der Waals surface area contributed by atoms with E-state index in [1.165, 1.54) is 18.4 Å². The summed E-state index contributed by atoms with van der Waals surface area (Å²) in [6, 6.07) is 6.21. The van der Waals surface area contributed by atoms with Crippen LogP contribution in [0.15, 0.2) is 18.2 Å². The standard InChI is InChI=1S/C21H29N3O3/c1-22-10-11-24(14-16-2-3-16)21(20(22)25)6-8-23(9-7-21)13-17-4-5-18-19(12-17)27-15-26-18/h4-5,12,16H,2-3,6-11,13-15H2,1H3. The number of nitrogens with zero attached hydrogens (tertiary/aromatic N) is 3. The number of amides is 1. The third-order valence-electron chi connectivity index (χ3n) is 6.76. The second-order valence-electron chi connectivity index (χ2n) is 8.61. The molecule has 0 bridgehead atoms. The lowest BCUT2D eigenvalue weighted by molar-refractivity contribution is -0.154. The molecule has 3 aliphatic heterocycles. The minimum Gasteiger partial charge on any atom is -0.454 e. The van der Waals surface area contributed by atoms with Crippen LogP contribution in [0.5, 0.6) is 11.5 Å².